The third-order valence-corrected chi connectivity index (χ3v) is 3.36. The van der Waals surface area contributed by atoms with Crippen molar-refractivity contribution in [1.29, 1.82) is 0 Å². The first kappa shape index (κ1) is 17.5. The number of carbonyl (C=O) groups is 2. The summed E-state index contributed by atoms with van der Waals surface area (Å²) in [7, 11) is 0. The van der Waals surface area contributed by atoms with Crippen molar-refractivity contribution < 1.29 is 9.59 Å². The highest BCUT2D eigenvalue weighted by molar-refractivity contribution is 5.88. The van der Waals surface area contributed by atoms with Crippen LogP contribution in [0.2, 0.25) is 0 Å². The normalized spacial score (nSPS) is 18.0. The monoisotopic (exact) mass is 311 g/mol. The summed E-state index contributed by atoms with van der Waals surface area (Å²) in [4.78, 5) is 25.8. The Balaban J connectivity index is 0.00000220. The molecule has 1 aliphatic heterocycles. The number of hydrogen-bond acceptors (Lipinski definition) is 3. The van der Waals surface area contributed by atoms with Crippen LogP contribution < -0.4 is 10.6 Å². The van der Waals surface area contributed by atoms with Crippen LogP contribution in [0.15, 0.2) is 30.3 Å². The summed E-state index contributed by atoms with van der Waals surface area (Å²) in [5.74, 6) is -0.0775. The molecule has 0 aromatic heterocycles. The molecule has 0 spiro atoms. The lowest BCUT2D eigenvalue weighted by molar-refractivity contribution is -0.138. The number of hydrogen-bond donors (Lipinski definition) is 2. The Morgan fingerprint density at radius 1 is 1.38 bits per heavy atom. The highest BCUT2D eigenvalue weighted by Gasteiger charge is 2.29. The van der Waals surface area contributed by atoms with E-state index in [2.05, 4.69) is 10.6 Å². The fourth-order valence-electron chi connectivity index (χ4n) is 2.37. The van der Waals surface area contributed by atoms with Crippen LogP contribution in [0.3, 0.4) is 0 Å². The van der Waals surface area contributed by atoms with Crippen LogP contribution >= 0.6 is 12.4 Å². The van der Waals surface area contributed by atoms with Crippen molar-refractivity contribution in [3.05, 3.63) is 35.9 Å². The van der Waals surface area contributed by atoms with Gasteiger partial charge in [-0.2, -0.15) is 0 Å². The van der Waals surface area contributed by atoms with Gasteiger partial charge in [-0.15, -0.1) is 12.4 Å². The van der Waals surface area contributed by atoms with Gasteiger partial charge in [0.1, 0.15) is 0 Å². The van der Waals surface area contributed by atoms with Gasteiger partial charge in [0.2, 0.25) is 11.8 Å². The van der Waals surface area contributed by atoms with Gasteiger partial charge in [-0.05, 0) is 12.5 Å². The molecule has 21 heavy (non-hydrogen) atoms. The molecular weight excluding hydrogens is 290 g/mol. The molecule has 0 bridgehead atoms. The lowest BCUT2D eigenvalue weighted by atomic mass is 10.1. The van der Waals surface area contributed by atoms with Gasteiger partial charge in [-0.25, -0.2) is 0 Å². The minimum absolute atomic E-state index is 0. The van der Waals surface area contributed by atoms with E-state index in [1.807, 2.05) is 42.2 Å². The van der Waals surface area contributed by atoms with E-state index in [0.717, 1.165) is 12.1 Å². The second-order valence-corrected chi connectivity index (χ2v) is 4.91. The van der Waals surface area contributed by atoms with E-state index in [1.54, 1.807) is 0 Å². The first-order valence-electron chi connectivity index (χ1n) is 7.03. The second-order valence-electron chi connectivity index (χ2n) is 4.91. The number of halogens is 1. The number of benzene rings is 1. The molecule has 1 aliphatic rings. The van der Waals surface area contributed by atoms with Gasteiger partial charge in [-0.1, -0.05) is 30.3 Å². The van der Waals surface area contributed by atoms with Crippen LogP contribution in [-0.4, -0.2) is 42.4 Å². The number of piperazine rings is 1. The van der Waals surface area contributed by atoms with Crippen molar-refractivity contribution in [3.8, 4) is 0 Å². The molecule has 1 saturated heterocycles. The Labute approximate surface area is 131 Å². The average molecular weight is 312 g/mol. The van der Waals surface area contributed by atoms with Gasteiger partial charge in [0.05, 0.1) is 12.5 Å². The Bertz CT molecular complexity index is 467. The third kappa shape index (κ3) is 5.02. The molecule has 116 valence electrons. The van der Waals surface area contributed by atoms with E-state index in [4.69, 9.17) is 0 Å². The Morgan fingerprint density at radius 2 is 2.10 bits per heavy atom. The van der Waals surface area contributed by atoms with Gasteiger partial charge >= 0.3 is 0 Å². The van der Waals surface area contributed by atoms with E-state index in [-0.39, 0.29) is 30.6 Å². The average Bonchev–Trinajstić information content (AvgIpc) is 2.45. The standard InChI is InChI=1S/C15H21N3O2.ClH/c1-2-16-14(19)10-13-15(20)18(9-8-17-13)11-12-6-4-3-5-7-12;/h3-7,13,17H,2,8-11H2,1H3,(H,16,19);1H. The van der Waals surface area contributed by atoms with E-state index in [1.165, 1.54) is 0 Å². The number of nitrogens with zero attached hydrogens (tertiary/aromatic N) is 1. The molecule has 2 amide bonds. The summed E-state index contributed by atoms with van der Waals surface area (Å²) >= 11 is 0. The SMILES string of the molecule is CCNC(=O)CC1NCCN(Cc2ccccc2)C1=O.Cl. The molecule has 1 heterocycles. The summed E-state index contributed by atoms with van der Waals surface area (Å²) in [6.45, 7) is 4.47. The maximum Gasteiger partial charge on any atom is 0.240 e. The lowest BCUT2D eigenvalue weighted by Gasteiger charge is -2.33. The zero-order valence-corrected chi connectivity index (χ0v) is 13.0. The fraction of sp³-hybridized carbons (Fsp3) is 0.467. The van der Waals surface area contributed by atoms with Gasteiger partial charge in [0.25, 0.3) is 0 Å². The minimum atomic E-state index is -0.404. The number of nitrogens with one attached hydrogen (secondary N) is 2. The van der Waals surface area contributed by atoms with E-state index in [0.29, 0.717) is 19.6 Å². The maximum absolute atomic E-state index is 12.4. The molecule has 1 aromatic carbocycles. The van der Waals surface area contributed by atoms with Crippen molar-refractivity contribution in [2.75, 3.05) is 19.6 Å². The van der Waals surface area contributed by atoms with Crippen LogP contribution in [0, 0.1) is 0 Å². The largest absolute Gasteiger partial charge is 0.356 e. The smallest absolute Gasteiger partial charge is 0.240 e. The molecule has 1 atom stereocenters. The van der Waals surface area contributed by atoms with Crippen LogP contribution in [0.25, 0.3) is 0 Å². The molecular formula is C15H22ClN3O2. The first-order chi connectivity index (χ1) is 9.70. The van der Waals surface area contributed by atoms with Gasteiger partial charge in [-0.3, -0.25) is 9.59 Å². The van der Waals surface area contributed by atoms with Gasteiger partial charge in [0.15, 0.2) is 0 Å². The molecule has 1 unspecified atom stereocenters. The molecule has 1 aromatic rings. The molecule has 0 saturated carbocycles. The van der Waals surface area contributed by atoms with Crippen molar-refractivity contribution in [2.45, 2.75) is 25.9 Å². The number of carbonyl (C=O) groups excluding carboxylic acids is 2. The highest BCUT2D eigenvalue weighted by atomic mass is 35.5. The number of amides is 2. The van der Waals surface area contributed by atoms with E-state index >= 15 is 0 Å². The van der Waals surface area contributed by atoms with E-state index < -0.39 is 6.04 Å². The van der Waals surface area contributed by atoms with Crippen molar-refractivity contribution in [2.24, 2.45) is 0 Å². The van der Waals surface area contributed by atoms with Crippen molar-refractivity contribution in [3.63, 3.8) is 0 Å². The lowest BCUT2D eigenvalue weighted by Crippen LogP contribution is -2.55. The Hall–Kier alpha value is -1.59. The quantitative estimate of drug-likeness (QED) is 0.850. The predicted octanol–water partition coefficient (Wildman–Crippen LogP) is 0.935. The van der Waals surface area contributed by atoms with Crippen LogP contribution in [0.5, 0.6) is 0 Å². The molecule has 5 nitrogen and oxygen atoms in total. The summed E-state index contributed by atoms with van der Waals surface area (Å²) < 4.78 is 0. The molecule has 0 radical (unpaired) electrons. The Morgan fingerprint density at radius 3 is 2.76 bits per heavy atom. The van der Waals surface area contributed by atoms with Crippen LogP contribution in [-0.2, 0) is 16.1 Å². The molecule has 2 N–H and O–H groups in total. The maximum atomic E-state index is 12.4. The van der Waals surface area contributed by atoms with Crippen molar-refractivity contribution >= 4 is 24.2 Å². The van der Waals surface area contributed by atoms with Crippen LogP contribution in [0.1, 0.15) is 18.9 Å². The fourth-order valence-corrected chi connectivity index (χ4v) is 2.37. The topological polar surface area (TPSA) is 61.4 Å². The Kier molecular flexibility index (Phi) is 7.19. The number of rotatable bonds is 5. The summed E-state index contributed by atoms with van der Waals surface area (Å²) in [6.07, 6.45) is 0.206. The zero-order chi connectivity index (χ0) is 14.4. The second kappa shape index (κ2) is 8.64. The predicted molar refractivity (Wildman–Crippen MR) is 84.2 cm³/mol. The summed E-state index contributed by atoms with van der Waals surface area (Å²) in [5.41, 5.74) is 1.11. The van der Waals surface area contributed by atoms with Gasteiger partial charge < -0.3 is 15.5 Å². The minimum Gasteiger partial charge on any atom is -0.356 e. The third-order valence-electron chi connectivity index (χ3n) is 3.36. The molecule has 0 aliphatic carbocycles. The summed E-state index contributed by atoms with van der Waals surface area (Å²) in [6, 6.07) is 9.50. The zero-order valence-electron chi connectivity index (χ0n) is 12.2. The van der Waals surface area contributed by atoms with Crippen molar-refractivity contribution in [1.82, 2.24) is 15.5 Å². The van der Waals surface area contributed by atoms with Crippen LogP contribution in [0.4, 0.5) is 0 Å². The van der Waals surface area contributed by atoms with E-state index in [9.17, 15) is 9.59 Å². The van der Waals surface area contributed by atoms with Gasteiger partial charge in [0, 0.05) is 26.2 Å². The summed E-state index contributed by atoms with van der Waals surface area (Å²) in [5, 5.41) is 5.85. The molecule has 6 heteroatoms. The first-order valence-corrected chi connectivity index (χ1v) is 7.03. The highest BCUT2D eigenvalue weighted by Crippen LogP contribution is 2.10. The molecule has 2 rings (SSSR count). The molecule has 1 fully saturated rings.